The van der Waals surface area contributed by atoms with E-state index in [9.17, 15) is 13.2 Å². The van der Waals surface area contributed by atoms with Crippen LogP contribution < -0.4 is 0 Å². The molecule has 0 radical (unpaired) electrons. The van der Waals surface area contributed by atoms with Gasteiger partial charge in [0.25, 0.3) is 0 Å². The van der Waals surface area contributed by atoms with Gasteiger partial charge in [-0.2, -0.15) is 13.2 Å². The normalized spacial score (nSPS) is 13.3. The van der Waals surface area contributed by atoms with Crippen LogP contribution >= 0.6 is 0 Å². The van der Waals surface area contributed by atoms with Crippen LogP contribution in [0.2, 0.25) is 0 Å². The number of hydrogen-bond acceptors (Lipinski definition) is 2. The first-order valence-electron chi connectivity index (χ1n) is 5.11. The molecule has 0 aliphatic heterocycles. The largest absolute Gasteiger partial charge is 0.417 e. The summed E-state index contributed by atoms with van der Waals surface area (Å²) in [4.78, 5) is 10.8. The van der Waals surface area contributed by atoms with E-state index < -0.39 is 11.7 Å². The number of H-pyrrole nitrogens is 1. The third-order valence-electron chi connectivity index (χ3n) is 2.37. The van der Waals surface area contributed by atoms with E-state index in [1.165, 1.54) is 0 Å². The number of alkyl halides is 3. The van der Waals surface area contributed by atoms with Gasteiger partial charge in [0.2, 0.25) is 0 Å². The lowest BCUT2D eigenvalue weighted by atomic mass is 9.96. The van der Waals surface area contributed by atoms with Crippen LogP contribution in [0.5, 0.6) is 0 Å². The molecule has 1 N–H and O–H groups in total. The highest BCUT2D eigenvalue weighted by atomic mass is 19.4. The molecule has 0 fully saturated rings. The Morgan fingerprint density at radius 2 is 1.82 bits per heavy atom. The number of aromatic nitrogens is 3. The second-order valence-electron chi connectivity index (χ2n) is 4.92. The van der Waals surface area contributed by atoms with Crippen molar-refractivity contribution >= 4 is 11.2 Å². The predicted octanol–water partition coefficient (Wildman–Crippen LogP) is 3.27. The van der Waals surface area contributed by atoms with Crippen LogP contribution in [0.4, 0.5) is 13.2 Å². The van der Waals surface area contributed by atoms with E-state index in [4.69, 9.17) is 0 Å². The van der Waals surface area contributed by atoms with Crippen molar-refractivity contribution in [1.82, 2.24) is 15.0 Å². The summed E-state index contributed by atoms with van der Waals surface area (Å²) >= 11 is 0. The summed E-state index contributed by atoms with van der Waals surface area (Å²) in [6.07, 6.45) is -3.57. The molecular weight excluding hydrogens is 231 g/mol. The molecule has 2 heterocycles. The highest BCUT2D eigenvalue weighted by Gasteiger charge is 2.31. The van der Waals surface area contributed by atoms with Crippen molar-refractivity contribution in [1.29, 1.82) is 0 Å². The highest BCUT2D eigenvalue weighted by Crippen LogP contribution is 2.30. The van der Waals surface area contributed by atoms with Crippen molar-refractivity contribution in [2.75, 3.05) is 0 Å². The van der Waals surface area contributed by atoms with Crippen LogP contribution in [0.15, 0.2) is 12.3 Å². The lowest BCUT2D eigenvalue weighted by molar-refractivity contribution is -0.137. The Morgan fingerprint density at radius 3 is 2.35 bits per heavy atom. The molecule has 0 saturated carbocycles. The molecule has 0 atom stereocenters. The summed E-state index contributed by atoms with van der Waals surface area (Å²) < 4.78 is 37.4. The Hall–Kier alpha value is -1.59. The van der Waals surface area contributed by atoms with Crippen molar-refractivity contribution in [3.05, 3.63) is 23.7 Å². The highest BCUT2D eigenvalue weighted by molar-refractivity contribution is 5.71. The van der Waals surface area contributed by atoms with Crippen LogP contribution in [0.25, 0.3) is 11.2 Å². The Morgan fingerprint density at radius 1 is 1.18 bits per heavy atom. The van der Waals surface area contributed by atoms with E-state index in [0.29, 0.717) is 11.5 Å². The number of hydrogen-bond donors (Lipinski definition) is 1. The van der Waals surface area contributed by atoms with Gasteiger partial charge in [0, 0.05) is 11.6 Å². The van der Waals surface area contributed by atoms with Crippen LogP contribution in [-0.2, 0) is 11.6 Å². The maximum absolute atomic E-state index is 12.5. The average Bonchev–Trinajstić information content (AvgIpc) is 2.57. The summed E-state index contributed by atoms with van der Waals surface area (Å²) in [5, 5.41) is 0. The molecule has 0 aliphatic rings. The van der Waals surface area contributed by atoms with Crippen molar-refractivity contribution in [3.8, 4) is 0 Å². The zero-order valence-corrected chi connectivity index (χ0v) is 9.68. The van der Waals surface area contributed by atoms with Crippen LogP contribution in [0.3, 0.4) is 0 Å². The van der Waals surface area contributed by atoms with E-state index in [0.717, 1.165) is 12.3 Å². The quantitative estimate of drug-likeness (QED) is 0.771. The SMILES string of the molecule is CC(C)(C)c1nc2cc(C(F)(F)F)cnc2[nH]1. The van der Waals surface area contributed by atoms with E-state index >= 15 is 0 Å². The van der Waals surface area contributed by atoms with Gasteiger partial charge in [0.1, 0.15) is 11.3 Å². The van der Waals surface area contributed by atoms with Gasteiger partial charge >= 0.3 is 6.18 Å². The maximum atomic E-state index is 12.5. The van der Waals surface area contributed by atoms with Crippen molar-refractivity contribution in [2.24, 2.45) is 0 Å². The van der Waals surface area contributed by atoms with E-state index in [1.54, 1.807) is 0 Å². The van der Waals surface area contributed by atoms with E-state index in [2.05, 4.69) is 15.0 Å². The molecule has 92 valence electrons. The fourth-order valence-corrected chi connectivity index (χ4v) is 1.41. The Bertz CT molecular complexity index is 537. The Labute approximate surface area is 96.1 Å². The van der Waals surface area contributed by atoms with Gasteiger partial charge in [-0.25, -0.2) is 9.97 Å². The fraction of sp³-hybridized carbons (Fsp3) is 0.455. The first-order chi connectivity index (χ1) is 7.68. The lowest BCUT2D eigenvalue weighted by Gasteiger charge is -2.13. The number of aromatic amines is 1. The minimum absolute atomic E-state index is 0.241. The zero-order chi connectivity index (χ0) is 12.8. The van der Waals surface area contributed by atoms with Crippen LogP contribution in [-0.4, -0.2) is 15.0 Å². The minimum Gasteiger partial charge on any atom is -0.326 e. The zero-order valence-electron chi connectivity index (χ0n) is 9.68. The molecule has 2 rings (SSSR count). The lowest BCUT2D eigenvalue weighted by Crippen LogP contribution is -2.12. The summed E-state index contributed by atoms with van der Waals surface area (Å²) in [5.41, 5.74) is -0.413. The summed E-state index contributed by atoms with van der Waals surface area (Å²) in [6.45, 7) is 5.78. The number of pyridine rings is 1. The maximum Gasteiger partial charge on any atom is 0.417 e. The molecule has 6 heteroatoms. The molecule has 0 amide bonds. The summed E-state index contributed by atoms with van der Waals surface area (Å²) in [6, 6.07) is 1.01. The number of nitrogens with zero attached hydrogens (tertiary/aromatic N) is 2. The van der Waals surface area contributed by atoms with Crippen LogP contribution in [0.1, 0.15) is 32.2 Å². The first-order valence-corrected chi connectivity index (χ1v) is 5.11. The monoisotopic (exact) mass is 243 g/mol. The number of halogens is 3. The molecule has 0 aliphatic carbocycles. The Kier molecular flexibility index (Phi) is 2.41. The van der Waals surface area contributed by atoms with E-state index in [1.807, 2.05) is 20.8 Å². The standard InChI is InChI=1S/C11H12F3N3/c1-10(2,3)9-16-7-4-6(11(12,13)14)5-15-8(7)17-9/h4-5H,1-3H3,(H,15,16,17). The van der Waals surface area contributed by atoms with E-state index in [-0.39, 0.29) is 10.9 Å². The number of nitrogens with one attached hydrogen (secondary N) is 1. The second-order valence-corrected chi connectivity index (χ2v) is 4.92. The molecule has 0 unspecified atom stereocenters. The van der Waals surface area contributed by atoms with Crippen molar-refractivity contribution in [3.63, 3.8) is 0 Å². The molecule has 17 heavy (non-hydrogen) atoms. The third-order valence-corrected chi connectivity index (χ3v) is 2.37. The smallest absolute Gasteiger partial charge is 0.326 e. The molecule has 0 saturated heterocycles. The van der Waals surface area contributed by atoms with Gasteiger partial charge in [-0.3, -0.25) is 0 Å². The fourth-order valence-electron chi connectivity index (χ4n) is 1.41. The molecule has 2 aromatic rings. The topological polar surface area (TPSA) is 41.6 Å². The van der Waals surface area contributed by atoms with Gasteiger partial charge in [0.15, 0.2) is 5.65 Å². The first kappa shape index (κ1) is 11.9. The molecule has 2 aromatic heterocycles. The summed E-state index contributed by atoms with van der Waals surface area (Å²) in [5.74, 6) is 0.624. The van der Waals surface area contributed by atoms with Gasteiger partial charge in [-0.15, -0.1) is 0 Å². The van der Waals surface area contributed by atoms with Crippen LogP contribution in [0, 0.1) is 0 Å². The molecule has 0 aromatic carbocycles. The molecular formula is C11H12F3N3. The number of imidazole rings is 1. The minimum atomic E-state index is -4.39. The van der Waals surface area contributed by atoms with Crippen molar-refractivity contribution < 1.29 is 13.2 Å². The average molecular weight is 243 g/mol. The van der Waals surface area contributed by atoms with Gasteiger partial charge in [-0.05, 0) is 6.07 Å². The Balaban J connectivity index is 2.56. The predicted molar refractivity (Wildman–Crippen MR) is 57.6 cm³/mol. The number of fused-ring (bicyclic) bond motifs is 1. The van der Waals surface area contributed by atoms with Crippen molar-refractivity contribution in [2.45, 2.75) is 32.4 Å². The number of rotatable bonds is 0. The molecule has 0 bridgehead atoms. The second kappa shape index (κ2) is 3.45. The van der Waals surface area contributed by atoms with Gasteiger partial charge in [0.05, 0.1) is 5.56 Å². The third kappa shape index (κ3) is 2.25. The van der Waals surface area contributed by atoms with Gasteiger partial charge in [-0.1, -0.05) is 20.8 Å². The van der Waals surface area contributed by atoms with Gasteiger partial charge < -0.3 is 4.98 Å². The molecule has 0 spiro atoms. The molecule has 3 nitrogen and oxygen atoms in total. The summed E-state index contributed by atoms with van der Waals surface area (Å²) in [7, 11) is 0.